The predicted octanol–water partition coefficient (Wildman–Crippen LogP) is 5.93. The van der Waals surface area contributed by atoms with Crippen LogP contribution in [-0.4, -0.2) is 30.9 Å². The second-order valence-electron chi connectivity index (χ2n) is 8.19. The molecule has 1 saturated heterocycles. The average molecular weight is 502 g/mol. The minimum absolute atomic E-state index is 0.242. The molecule has 1 aliphatic heterocycles. The fraction of sp³-hybridized carbons (Fsp3) is 0.214. The van der Waals surface area contributed by atoms with Crippen molar-refractivity contribution < 1.29 is 18.6 Å². The molecule has 0 bridgehead atoms. The van der Waals surface area contributed by atoms with Gasteiger partial charge in [-0.3, -0.25) is 4.98 Å². The Morgan fingerprint density at radius 2 is 1.78 bits per heavy atom. The topological polar surface area (TPSA) is 69.0 Å². The molecule has 184 valence electrons. The Morgan fingerprint density at radius 1 is 0.972 bits per heavy atom. The van der Waals surface area contributed by atoms with Gasteiger partial charge in [-0.1, -0.05) is 6.07 Å². The Labute approximate surface area is 215 Å². The first-order valence-corrected chi connectivity index (χ1v) is 12.1. The number of aromatic nitrogens is 1. The van der Waals surface area contributed by atoms with Crippen LogP contribution in [0.5, 0.6) is 17.2 Å². The van der Waals surface area contributed by atoms with Crippen molar-refractivity contribution in [3.63, 3.8) is 0 Å². The van der Waals surface area contributed by atoms with E-state index in [1.54, 1.807) is 20.4 Å². The van der Waals surface area contributed by atoms with Crippen molar-refractivity contribution in [3.05, 3.63) is 90.4 Å². The molecule has 8 heteroatoms. The normalized spacial score (nSPS) is 17.1. The van der Waals surface area contributed by atoms with Crippen molar-refractivity contribution in [2.75, 3.05) is 25.7 Å². The van der Waals surface area contributed by atoms with Crippen LogP contribution in [0.2, 0.25) is 0 Å². The van der Waals surface area contributed by atoms with Crippen LogP contribution in [-0.2, 0) is 0 Å². The molecule has 0 unspecified atom stereocenters. The van der Waals surface area contributed by atoms with Crippen molar-refractivity contribution in [1.29, 1.82) is 0 Å². The molecule has 0 saturated carbocycles. The first-order chi connectivity index (χ1) is 17.6. The molecule has 7 nitrogen and oxygen atoms in total. The summed E-state index contributed by atoms with van der Waals surface area (Å²) < 4.78 is 23.2. The van der Waals surface area contributed by atoms with Gasteiger partial charge in [0, 0.05) is 17.8 Å². The monoisotopic (exact) mass is 501 g/mol. The third-order valence-electron chi connectivity index (χ3n) is 6.11. The Bertz CT molecular complexity index is 1340. The number of pyridine rings is 1. The van der Waals surface area contributed by atoms with Crippen LogP contribution in [0.4, 0.5) is 5.69 Å². The fourth-order valence-electron chi connectivity index (χ4n) is 4.44. The quantitative estimate of drug-likeness (QED) is 0.298. The van der Waals surface area contributed by atoms with E-state index < -0.39 is 0 Å². The molecular formula is C28H27N3O4S. The number of hydrogen-bond donors (Lipinski definition) is 1. The molecule has 4 aromatic rings. The zero-order valence-corrected chi connectivity index (χ0v) is 21.1. The van der Waals surface area contributed by atoms with Crippen molar-refractivity contribution >= 4 is 23.0 Å². The molecule has 5 rings (SSSR count). The number of methoxy groups -OCH3 is 2. The summed E-state index contributed by atoms with van der Waals surface area (Å²) >= 11 is 5.84. The van der Waals surface area contributed by atoms with Gasteiger partial charge in [0.1, 0.15) is 34.8 Å². The molecule has 0 radical (unpaired) electrons. The number of furan rings is 1. The molecule has 0 aliphatic carbocycles. The lowest BCUT2D eigenvalue weighted by Crippen LogP contribution is -2.29. The lowest BCUT2D eigenvalue weighted by atomic mass is 10.0. The van der Waals surface area contributed by atoms with Crippen LogP contribution in [0.1, 0.15) is 30.5 Å². The number of benzene rings is 2. The van der Waals surface area contributed by atoms with E-state index in [9.17, 15) is 0 Å². The summed E-state index contributed by atoms with van der Waals surface area (Å²) in [5.41, 5.74) is 2.59. The molecule has 3 heterocycles. The number of ether oxygens (including phenoxy) is 3. The van der Waals surface area contributed by atoms with E-state index in [0.29, 0.717) is 23.2 Å². The highest BCUT2D eigenvalue weighted by Crippen LogP contribution is 2.46. The number of nitrogens with zero attached hydrogens (tertiary/aromatic N) is 2. The zero-order valence-electron chi connectivity index (χ0n) is 20.3. The van der Waals surface area contributed by atoms with Crippen molar-refractivity contribution in [3.8, 4) is 28.6 Å². The van der Waals surface area contributed by atoms with Gasteiger partial charge >= 0.3 is 0 Å². The van der Waals surface area contributed by atoms with Gasteiger partial charge in [0.15, 0.2) is 5.11 Å². The number of anilines is 1. The molecule has 36 heavy (non-hydrogen) atoms. The minimum atomic E-state index is -0.315. The maximum Gasteiger partial charge on any atom is 0.174 e. The number of hydrogen-bond acceptors (Lipinski definition) is 6. The molecule has 2 aromatic carbocycles. The van der Waals surface area contributed by atoms with Gasteiger partial charge in [-0.25, -0.2) is 0 Å². The highest BCUT2D eigenvalue weighted by molar-refractivity contribution is 7.80. The van der Waals surface area contributed by atoms with Gasteiger partial charge in [0.2, 0.25) is 0 Å². The number of rotatable bonds is 8. The second-order valence-corrected chi connectivity index (χ2v) is 8.58. The van der Waals surface area contributed by atoms with Gasteiger partial charge < -0.3 is 28.8 Å². The fourth-order valence-corrected chi connectivity index (χ4v) is 4.78. The van der Waals surface area contributed by atoms with E-state index in [4.69, 9.17) is 30.8 Å². The lowest BCUT2D eigenvalue weighted by Gasteiger charge is -2.27. The van der Waals surface area contributed by atoms with Crippen LogP contribution >= 0.6 is 12.2 Å². The molecule has 1 N–H and O–H groups in total. The van der Waals surface area contributed by atoms with Crippen LogP contribution in [0.3, 0.4) is 0 Å². The Morgan fingerprint density at radius 3 is 2.47 bits per heavy atom. The molecule has 0 spiro atoms. The first kappa shape index (κ1) is 23.7. The van der Waals surface area contributed by atoms with E-state index in [2.05, 4.69) is 10.3 Å². The van der Waals surface area contributed by atoms with Gasteiger partial charge in [-0.2, -0.15) is 0 Å². The smallest absolute Gasteiger partial charge is 0.174 e. The van der Waals surface area contributed by atoms with Crippen molar-refractivity contribution in [2.24, 2.45) is 0 Å². The van der Waals surface area contributed by atoms with E-state index in [1.165, 1.54) is 0 Å². The Balaban J connectivity index is 1.59. The maximum atomic E-state index is 6.45. The van der Waals surface area contributed by atoms with Crippen molar-refractivity contribution in [2.45, 2.75) is 19.0 Å². The minimum Gasteiger partial charge on any atom is -0.497 e. The van der Waals surface area contributed by atoms with Gasteiger partial charge in [-0.05, 0) is 79.8 Å². The Hall–Kier alpha value is -4.04. The van der Waals surface area contributed by atoms with E-state index in [1.807, 2.05) is 84.6 Å². The third-order valence-corrected chi connectivity index (χ3v) is 6.43. The Kier molecular flexibility index (Phi) is 6.77. The molecular weight excluding hydrogens is 474 g/mol. The summed E-state index contributed by atoms with van der Waals surface area (Å²) in [6, 6.07) is 22.8. The highest BCUT2D eigenvalue weighted by Gasteiger charge is 2.43. The lowest BCUT2D eigenvalue weighted by molar-refractivity contribution is 0.340. The predicted molar refractivity (Wildman–Crippen MR) is 143 cm³/mol. The van der Waals surface area contributed by atoms with E-state index in [0.717, 1.165) is 34.2 Å². The molecule has 2 atom stereocenters. The summed E-state index contributed by atoms with van der Waals surface area (Å²) in [5, 5.41) is 3.99. The summed E-state index contributed by atoms with van der Waals surface area (Å²) in [6.07, 6.45) is 1.78. The average Bonchev–Trinajstić information content (AvgIpc) is 3.54. The van der Waals surface area contributed by atoms with E-state index in [-0.39, 0.29) is 12.1 Å². The summed E-state index contributed by atoms with van der Waals surface area (Å²) in [6.45, 7) is 2.59. The second kappa shape index (κ2) is 10.3. The number of thiocarbonyl (C=S) groups is 1. The SMILES string of the molecule is CCOc1ccc(-c2ccc([C@@H]3[C@H](c4ccccn4)NC(=S)N3c3cc(OC)ccc3OC)o2)cc1. The zero-order chi connectivity index (χ0) is 25.1. The molecule has 0 amide bonds. The molecule has 2 aromatic heterocycles. The van der Waals surface area contributed by atoms with E-state index >= 15 is 0 Å². The standard InChI is InChI=1S/C28H27N3O4S/c1-4-34-19-10-8-18(9-11-19)23-14-15-25(35-23)27-26(21-7-5-6-16-29-21)30-28(36)31(27)22-17-20(32-2)12-13-24(22)33-3/h5-17,26-27H,4H2,1-3H3,(H,30,36)/t26-,27+/m0/s1. The van der Waals surface area contributed by atoms with Gasteiger partial charge in [0.25, 0.3) is 0 Å². The van der Waals surface area contributed by atoms with Crippen LogP contribution in [0, 0.1) is 0 Å². The molecule has 1 aliphatic rings. The third kappa shape index (κ3) is 4.47. The van der Waals surface area contributed by atoms with Gasteiger partial charge in [0.05, 0.1) is 38.2 Å². The first-order valence-electron chi connectivity index (χ1n) is 11.7. The number of nitrogens with one attached hydrogen (secondary N) is 1. The van der Waals surface area contributed by atoms with Gasteiger partial charge in [-0.15, -0.1) is 0 Å². The maximum absolute atomic E-state index is 6.45. The highest BCUT2D eigenvalue weighted by atomic mass is 32.1. The van der Waals surface area contributed by atoms with Crippen LogP contribution in [0.15, 0.2) is 83.4 Å². The largest absolute Gasteiger partial charge is 0.497 e. The summed E-state index contributed by atoms with van der Waals surface area (Å²) in [4.78, 5) is 6.62. The van der Waals surface area contributed by atoms with Crippen LogP contribution in [0.25, 0.3) is 11.3 Å². The molecule has 1 fully saturated rings. The van der Waals surface area contributed by atoms with Crippen LogP contribution < -0.4 is 24.4 Å². The summed E-state index contributed by atoms with van der Waals surface area (Å²) in [7, 11) is 3.27. The summed E-state index contributed by atoms with van der Waals surface area (Å²) in [5.74, 6) is 3.69. The van der Waals surface area contributed by atoms with Crippen molar-refractivity contribution in [1.82, 2.24) is 10.3 Å².